The van der Waals surface area contributed by atoms with E-state index >= 15 is 0 Å². The monoisotopic (exact) mass is 400 g/mol. The molecule has 0 unspecified atom stereocenters. The normalized spacial score (nSPS) is 11.2. The predicted molar refractivity (Wildman–Crippen MR) is 113 cm³/mol. The molecule has 2 amide bonds. The Hall–Kier alpha value is -3.93. The van der Waals surface area contributed by atoms with Gasteiger partial charge in [-0.25, -0.2) is 0 Å². The van der Waals surface area contributed by atoms with Gasteiger partial charge >= 0.3 is 5.97 Å². The summed E-state index contributed by atoms with van der Waals surface area (Å²) in [7, 11) is 1.25. The number of anilines is 1. The van der Waals surface area contributed by atoms with E-state index in [2.05, 4.69) is 27.5 Å². The maximum absolute atomic E-state index is 12.7. The number of fused-ring (bicyclic) bond motifs is 3. The third-order valence-electron chi connectivity index (χ3n) is 5.06. The first-order chi connectivity index (χ1) is 14.5. The van der Waals surface area contributed by atoms with Gasteiger partial charge in [0.2, 0.25) is 0 Å². The molecule has 1 aliphatic rings. The van der Waals surface area contributed by atoms with Gasteiger partial charge in [-0.3, -0.25) is 14.4 Å². The van der Waals surface area contributed by atoms with Gasteiger partial charge in [0.15, 0.2) is 0 Å². The lowest BCUT2D eigenvalue weighted by Gasteiger charge is -2.09. The molecule has 30 heavy (non-hydrogen) atoms. The van der Waals surface area contributed by atoms with Crippen LogP contribution in [0.2, 0.25) is 0 Å². The van der Waals surface area contributed by atoms with E-state index in [9.17, 15) is 14.4 Å². The van der Waals surface area contributed by atoms with Gasteiger partial charge in [-0.1, -0.05) is 36.4 Å². The smallest absolute Gasteiger partial charge is 0.325 e. The van der Waals surface area contributed by atoms with Gasteiger partial charge in [0.1, 0.15) is 6.54 Å². The van der Waals surface area contributed by atoms with Crippen molar-refractivity contribution in [2.45, 2.75) is 6.42 Å². The van der Waals surface area contributed by atoms with Gasteiger partial charge in [-0.05, 0) is 59.0 Å². The molecule has 0 saturated heterocycles. The van der Waals surface area contributed by atoms with Crippen LogP contribution in [0, 0.1) is 0 Å². The zero-order valence-electron chi connectivity index (χ0n) is 16.4. The maximum Gasteiger partial charge on any atom is 0.325 e. The fourth-order valence-electron chi connectivity index (χ4n) is 3.55. The first kappa shape index (κ1) is 19.4. The van der Waals surface area contributed by atoms with Gasteiger partial charge in [0.25, 0.3) is 11.8 Å². The number of rotatable bonds is 5. The summed E-state index contributed by atoms with van der Waals surface area (Å²) in [6.45, 7) is -0.219. The summed E-state index contributed by atoms with van der Waals surface area (Å²) in [6.07, 6.45) is 0.808. The second kappa shape index (κ2) is 8.21. The molecule has 2 N–H and O–H groups in total. The maximum atomic E-state index is 12.7. The molecule has 150 valence electrons. The highest BCUT2D eigenvalue weighted by molar-refractivity contribution is 6.06. The van der Waals surface area contributed by atoms with E-state index in [1.807, 2.05) is 30.3 Å². The second-order valence-corrected chi connectivity index (χ2v) is 7.00. The summed E-state index contributed by atoms with van der Waals surface area (Å²) < 4.78 is 4.50. The van der Waals surface area contributed by atoms with Gasteiger partial charge in [-0.15, -0.1) is 0 Å². The number of carbonyl (C=O) groups excluding carboxylic acids is 3. The van der Waals surface area contributed by atoms with Crippen molar-refractivity contribution in [3.63, 3.8) is 0 Å². The van der Waals surface area contributed by atoms with Crippen LogP contribution in [-0.2, 0) is 16.0 Å². The predicted octanol–water partition coefficient (Wildman–Crippen LogP) is 3.41. The van der Waals surface area contributed by atoms with Crippen molar-refractivity contribution in [3.8, 4) is 11.1 Å². The van der Waals surface area contributed by atoms with Gasteiger partial charge in [0, 0.05) is 16.8 Å². The molecule has 6 heteroatoms. The number of ether oxygens (including phenoxy) is 1. The molecule has 0 atom stereocenters. The van der Waals surface area contributed by atoms with E-state index in [0.29, 0.717) is 16.8 Å². The van der Waals surface area contributed by atoms with E-state index in [1.165, 1.54) is 18.2 Å². The summed E-state index contributed by atoms with van der Waals surface area (Å²) in [5, 5.41) is 5.30. The topological polar surface area (TPSA) is 84.5 Å². The van der Waals surface area contributed by atoms with Crippen molar-refractivity contribution in [2.75, 3.05) is 19.0 Å². The van der Waals surface area contributed by atoms with Crippen LogP contribution in [0.5, 0.6) is 0 Å². The van der Waals surface area contributed by atoms with E-state index in [-0.39, 0.29) is 12.5 Å². The first-order valence-corrected chi connectivity index (χ1v) is 9.53. The van der Waals surface area contributed by atoms with Crippen molar-refractivity contribution in [2.24, 2.45) is 0 Å². The first-order valence-electron chi connectivity index (χ1n) is 9.53. The van der Waals surface area contributed by atoms with E-state index < -0.39 is 11.9 Å². The van der Waals surface area contributed by atoms with Crippen LogP contribution in [0.15, 0.2) is 66.7 Å². The Morgan fingerprint density at radius 1 is 0.833 bits per heavy atom. The van der Waals surface area contributed by atoms with E-state index in [0.717, 1.165) is 17.5 Å². The SMILES string of the molecule is COC(=O)CNC(=O)c1cccc(NC(=O)c2ccc3c(c2)Cc2ccccc2-3)c1. The fraction of sp³-hybridized carbons (Fsp3) is 0.125. The molecule has 6 nitrogen and oxygen atoms in total. The lowest BCUT2D eigenvalue weighted by molar-refractivity contribution is -0.139. The molecule has 0 saturated carbocycles. The number of carbonyl (C=O) groups is 3. The minimum absolute atomic E-state index is 0.219. The summed E-state index contributed by atoms with van der Waals surface area (Å²) in [5.74, 6) is -1.21. The summed E-state index contributed by atoms with van der Waals surface area (Å²) in [6, 6.07) is 20.5. The third kappa shape index (κ3) is 3.93. The average Bonchev–Trinajstić information content (AvgIpc) is 3.15. The highest BCUT2D eigenvalue weighted by atomic mass is 16.5. The molecular formula is C24H20N2O4. The zero-order chi connectivity index (χ0) is 21.1. The quantitative estimate of drug-likeness (QED) is 0.503. The standard InChI is InChI=1S/C24H20N2O4/c1-30-22(27)14-25-23(28)16-6-4-7-19(13-16)26-24(29)17-9-10-21-18(12-17)11-15-5-2-3-8-20(15)21/h2-10,12-13H,11,14H2,1H3,(H,25,28)(H,26,29). The molecule has 0 fully saturated rings. The van der Waals surface area contributed by atoms with E-state index in [4.69, 9.17) is 0 Å². The van der Waals surface area contributed by atoms with Gasteiger partial charge in [0.05, 0.1) is 7.11 Å². The molecule has 0 spiro atoms. The van der Waals surface area contributed by atoms with Crippen molar-refractivity contribution in [1.82, 2.24) is 5.32 Å². The average molecular weight is 400 g/mol. The third-order valence-corrected chi connectivity index (χ3v) is 5.06. The number of hydrogen-bond donors (Lipinski definition) is 2. The molecule has 0 radical (unpaired) electrons. The molecule has 4 rings (SSSR count). The lowest BCUT2D eigenvalue weighted by Crippen LogP contribution is -2.30. The number of benzene rings is 3. The molecule has 3 aromatic rings. The lowest BCUT2D eigenvalue weighted by atomic mass is 10.0. The van der Waals surface area contributed by atoms with Crippen molar-refractivity contribution in [3.05, 3.63) is 89.0 Å². The van der Waals surface area contributed by atoms with E-state index in [1.54, 1.807) is 24.3 Å². The highest BCUT2D eigenvalue weighted by Crippen LogP contribution is 2.36. The van der Waals surface area contributed by atoms with Gasteiger partial charge in [-0.2, -0.15) is 0 Å². The molecule has 3 aromatic carbocycles. The highest BCUT2D eigenvalue weighted by Gasteiger charge is 2.19. The number of esters is 1. The van der Waals surface area contributed by atoms with Crippen LogP contribution in [0.1, 0.15) is 31.8 Å². The van der Waals surface area contributed by atoms with Crippen molar-refractivity contribution in [1.29, 1.82) is 0 Å². The van der Waals surface area contributed by atoms with Gasteiger partial charge < -0.3 is 15.4 Å². The molecule has 0 aliphatic heterocycles. The van der Waals surface area contributed by atoms with Crippen LogP contribution in [0.4, 0.5) is 5.69 Å². The summed E-state index contributed by atoms with van der Waals surface area (Å²) >= 11 is 0. The Bertz CT molecular complexity index is 1150. The van der Waals surface area contributed by atoms with Crippen LogP contribution in [0.3, 0.4) is 0 Å². The number of nitrogens with one attached hydrogen (secondary N) is 2. The fourth-order valence-corrected chi connectivity index (χ4v) is 3.55. The van der Waals surface area contributed by atoms with Crippen LogP contribution < -0.4 is 10.6 Å². The molecular weight excluding hydrogens is 380 g/mol. The van der Waals surface area contributed by atoms with Crippen LogP contribution >= 0.6 is 0 Å². The minimum Gasteiger partial charge on any atom is -0.468 e. The minimum atomic E-state index is -0.536. The molecule has 0 heterocycles. The Morgan fingerprint density at radius 2 is 1.60 bits per heavy atom. The van der Waals surface area contributed by atoms with Crippen molar-refractivity contribution < 1.29 is 19.1 Å². The summed E-state index contributed by atoms with van der Waals surface area (Å²) in [4.78, 5) is 36.1. The summed E-state index contributed by atoms with van der Waals surface area (Å²) in [5.41, 5.74) is 6.14. The number of methoxy groups -OCH3 is 1. The number of amides is 2. The zero-order valence-corrected chi connectivity index (χ0v) is 16.4. The van der Waals surface area contributed by atoms with Crippen molar-refractivity contribution >= 4 is 23.5 Å². The molecule has 0 aromatic heterocycles. The Morgan fingerprint density at radius 3 is 2.43 bits per heavy atom. The van der Waals surface area contributed by atoms with Crippen LogP contribution in [0.25, 0.3) is 11.1 Å². The number of hydrogen-bond acceptors (Lipinski definition) is 4. The second-order valence-electron chi connectivity index (χ2n) is 7.00. The Kier molecular flexibility index (Phi) is 5.30. The Labute approximate surface area is 173 Å². The largest absolute Gasteiger partial charge is 0.468 e. The molecule has 0 bridgehead atoms. The Balaban J connectivity index is 1.47. The van der Waals surface area contributed by atoms with Crippen LogP contribution in [-0.4, -0.2) is 31.4 Å². The molecule has 1 aliphatic carbocycles.